The lowest BCUT2D eigenvalue weighted by Gasteiger charge is -2.24. The van der Waals surface area contributed by atoms with Crippen LogP contribution in [0, 0.1) is 6.92 Å². The van der Waals surface area contributed by atoms with Gasteiger partial charge in [-0.25, -0.2) is 0 Å². The highest BCUT2D eigenvalue weighted by atomic mass is 35.5. The number of amides is 1. The van der Waals surface area contributed by atoms with Gasteiger partial charge in [-0.2, -0.15) is 0 Å². The molecule has 1 N–H and O–H groups in total. The Labute approximate surface area is 131 Å². The van der Waals surface area contributed by atoms with Crippen LogP contribution in [0.3, 0.4) is 0 Å². The fraction of sp³-hybridized carbons (Fsp3) is 0.533. The smallest absolute Gasteiger partial charge is 0.253 e. The van der Waals surface area contributed by atoms with Crippen molar-refractivity contribution < 1.29 is 4.79 Å². The Balaban J connectivity index is 0.00000147. The molecular formula is C15H20Cl2N2O. The van der Waals surface area contributed by atoms with Gasteiger partial charge in [-0.3, -0.25) is 4.79 Å². The number of benzene rings is 1. The average molecular weight is 315 g/mol. The van der Waals surface area contributed by atoms with E-state index in [0.29, 0.717) is 17.1 Å². The van der Waals surface area contributed by atoms with Gasteiger partial charge in [0, 0.05) is 35.8 Å². The van der Waals surface area contributed by atoms with Crippen molar-refractivity contribution in [2.45, 2.75) is 38.3 Å². The number of rotatable bonds is 1. The standard InChI is InChI=1S/C15H19ClN2O.ClH/c1-10-8-11(2-5-14(10)16)15(19)18-7-6-12-3-4-13(9-18)17-12;/h2,5,8,12-13,17H,3-4,6-7,9H2,1H3;1H. The molecule has 2 aliphatic rings. The number of nitrogens with zero attached hydrogens (tertiary/aromatic N) is 1. The Morgan fingerprint density at radius 1 is 1.30 bits per heavy atom. The number of aryl methyl sites for hydroxylation is 1. The minimum atomic E-state index is 0. The first kappa shape index (κ1) is 15.6. The molecule has 0 aromatic heterocycles. The number of carbonyl (C=O) groups excluding carboxylic acids is 1. The van der Waals surface area contributed by atoms with Crippen LogP contribution in [0.5, 0.6) is 0 Å². The van der Waals surface area contributed by atoms with E-state index < -0.39 is 0 Å². The van der Waals surface area contributed by atoms with Crippen molar-refractivity contribution in [1.82, 2.24) is 10.2 Å². The summed E-state index contributed by atoms with van der Waals surface area (Å²) in [5, 5.41) is 4.31. The van der Waals surface area contributed by atoms with Crippen LogP contribution in [0.1, 0.15) is 35.2 Å². The maximum Gasteiger partial charge on any atom is 0.253 e. The van der Waals surface area contributed by atoms with E-state index in [9.17, 15) is 4.79 Å². The van der Waals surface area contributed by atoms with E-state index in [0.717, 1.165) is 30.6 Å². The van der Waals surface area contributed by atoms with Crippen molar-refractivity contribution >= 4 is 29.9 Å². The van der Waals surface area contributed by atoms with Crippen molar-refractivity contribution in [2.24, 2.45) is 0 Å². The van der Waals surface area contributed by atoms with E-state index >= 15 is 0 Å². The number of halogens is 2. The van der Waals surface area contributed by atoms with Crippen molar-refractivity contribution in [3.05, 3.63) is 34.3 Å². The first-order chi connectivity index (χ1) is 9.13. The van der Waals surface area contributed by atoms with Crippen molar-refractivity contribution in [2.75, 3.05) is 13.1 Å². The molecule has 5 heteroatoms. The highest BCUT2D eigenvalue weighted by Crippen LogP contribution is 2.23. The predicted octanol–water partition coefficient (Wildman–Crippen LogP) is 3.04. The summed E-state index contributed by atoms with van der Waals surface area (Å²) >= 11 is 6.01. The molecular weight excluding hydrogens is 295 g/mol. The molecule has 0 spiro atoms. The summed E-state index contributed by atoms with van der Waals surface area (Å²) in [6, 6.07) is 6.61. The number of hydrogen-bond acceptors (Lipinski definition) is 2. The van der Waals surface area contributed by atoms with Gasteiger partial charge in [0.05, 0.1) is 0 Å². The summed E-state index contributed by atoms with van der Waals surface area (Å²) < 4.78 is 0. The van der Waals surface area contributed by atoms with Gasteiger partial charge in [-0.15, -0.1) is 12.4 Å². The topological polar surface area (TPSA) is 32.3 Å². The second kappa shape index (κ2) is 6.33. The normalized spacial score (nSPS) is 25.0. The molecule has 2 aliphatic heterocycles. The second-order valence-corrected chi connectivity index (χ2v) is 6.05. The number of nitrogens with one attached hydrogen (secondary N) is 1. The van der Waals surface area contributed by atoms with Gasteiger partial charge in [0.1, 0.15) is 0 Å². The fourth-order valence-electron chi connectivity index (χ4n) is 3.09. The minimum absolute atomic E-state index is 0. The van der Waals surface area contributed by atoms with Crippen LogP contribution < -0.4 is 5.32 Å². The molecule has 1 aromatic rings. The molecule has 2 atom stereocenters. The molecule has 1 aromatic carbocycles. The average Bonchev–Trinajstić information content (AvgIpc) is 2.72. The molecule has 3 nitrogen and oxygen atoms in total. The molecule has 0 aliphatic carbocycles. The summed E-state index contributed by atoms with van der Waals surface area (Å²) in [5.41, 5.74) is 1.71. The van der Waals surface area contributed by atoms with Crippen LogP contribution in [0.15, 0.2) is 18.2 Å². The molecule has 0 saturated carbocycles. The third-order valence-corrected chi connectivity index (χ3v) is 4.64. The summed E-state index contributed by atoms with van der Waals surface area (Å²) in [6.45, 7) is 3.62. The van der Waals surface area contributed by atoms with Crippen molar-refractivity contribution in [1.29, 1.82) is 0 Å². The van der Waals surface area contributed by atoms with Crippen LogP contribution in [-0.4, -0.2) is 36.0 Å². The SMILES string of the molecule is Cc1cc(C(=O)N2CCC3CCC(C2)N3)ccc1Cl.Cl. The molecule has 3 rings (SSSR count). The largest absolute Gasteiger partial charge is 0.337 e. The Hall–Kier alpha value is -0.770. The van der Waals surface area contributed by atoms with E-state index in [4.69, 9.17) is 11.6 Å². The molecule has 2 heterocycles. The quantitative estimate of drug-likeness (QED) is 0.864. The van der Waals surface area contributed by atoms with Gasteiger partial charge in [0.2, 0.25) is 0 Å². The highest BCUT2D eigenvalue weighted by Gasteiger charge is 2.31. The molecule has 2 bridgehead atoms. The monoisotopic (exact) mass is 314 g/mol. The summed E-state index contributed by atoms with van der Waals surface area (Å²) in [7, 11) is 0. The van der Waals surface area contributed by atoms with Crippen molar-refractivity contribution in [3.8, 4) is 0 Å². The maximum absolute atomic E-state index is 12.5. The zero-order valence-electron chi connectivity index (χ0n) is 11.6. The van der Waals surface area contributed by atoms with Gasteiger partial charge in [-0.05, 0) is 49.9 Å². The molecule has 0 radical (unpaired) electrons. The molecule has 110 valence electrons. The molecule has 20 heavy (non-hydrogen) atoms. The minimum Gasteiger partial charge on any atom is -0.337 e. The Morgan fingerprint density at radius 3 is 2.80 bits per heavy atom. The van der Waals surface area contributed by atoms with Crippen LogP contribution in [0.25, 0.3) is 0 Å². The van der Waals surface area contributed by atoms with Crippen LogP contribution in [0.2, 0.25) is 5.02 Å². The summed E-state index contributed by atoms with van der Waals surface area (Å²) in [5.74, 6) is 0.133. The number of fused-ring (bicyclic) bond motifs is 2. The molecule has 2 saturated heterocycles. The lowest BCUT2D eigenvalue weighted by molar-refractivity contribution is 0.0748. The summed E-state index contributed by atoms with van der Waals surface area (Å²) in [6.07, 6.45) is 3.51. The van der Waals surface area contributed by atoms with Crippen molar-refractivity contribution in [3.63, 3.8) is 0 Å². The molecule has 1 amide bonds. The fourth-order valence-corrected chi connectivity index (χ4v) is 3.21. The molecule has 2 fully saturated rings. The van der Waals surface area contributed by atoms with Crippen LogP contribution in [-0.2, 0) is 0 Å². The zero-order chi connectivity index (χ0) is 13.4. The van der Waals surface area contributed by atoms with E-state index in [-0.39, 0.29) is 18.3 Å². The Morgan fingerprint density at radius 2 is 2.05 bits per heavy atom. The van der Waals surface area contributed by atoms with Gasteiger partial charge in [0.15, 0.2) is 0 Å². The number of carbonyl (C=O) groups is 1. The number of likely N-dealkylation sites (tertiary alicyclic amines) is 1. The van der Waals surface area contributed by atoms with E-state index in [1.807, 2.05) is 30.0 Å². The lowest BCUT2D eigenvalue weighted by Crippen LogP contribution is -2.39. The summed E-state index contributed by atoms with van der Waals surface area (Å²) in [4.78, 5) is 14.5. The zero-order valence-corrected chi connectivity index (χ0v) is 13.1. The van der Waals surface area contributed by atoms with Gasteiger partial charge < -0.3 is 10.2 Å². The van der Waals surface area contributed by atoms with Crippen LogP contribution >= 0.6 is 24.0 Å². The van der Waals surface area contributed by atoms with Gasteiger partial charge in [0.25, 0.3) is 5.91 Å². The first-order valence-electron chi connectivity index (χ1n) is 6.95. The predicted molar refractivity (Wildman–Crippen MR) is 83.9 cm³/mol. The van der Waals surface area contributed by atoms with E-state index in [1.54, 1.807) is 0 Å². The van der Waals surface area contributed by atoms with Gasteiger partial charge >= 0.3 is 0 Å². The number of hydrogen-bond donors (Lipinski definition) is 1. The third kappa shape index (κ3) is 3.11. The Bertz CT molecular complexity index is 507. The van der Waals surface area contributed by atoms with Gasteiger partial charge in [-0.1, -0.05) is 11.6 Å². The lowest BCUT2D eigenvalue weighted by atomic mass is 10.1. The van der Waals surface area contributed by atoms with E-state index in [2.05, 4.69) is 5.32 Å². The van der Waals surface area contributed by atoms with Crippen LogP contribution in [0.4, 0.5) is 0 Å². The third-order valence-electron chi connectivity index (χ3n) is 4.22. The Kier molecular flexibility index (Phi) is 4.95. The van der Waals surface area contributed by atoms with E-state index in [1.165, 1.54) is 12.8 Å². The second-order valence-electron chi connectivity index (χ2n) is 5.64. The molecule has 2 unspecified atom stereocenters. The first-order valence-corrected chi connectivity index (χ1v) is 7.33. The maximum atomic E-state index is 12.5. The highest BCUT2D eigenvalue weighted by molar-refractivity contribution is 6.31.